The lowest BCUT2D eigenvalue weighted by Gasteiger charge is -2.37. The Balaban J connectivity index is 1.75. The Labute approximate surface area is 149 Å². The van der Waals surface area contributed by atoms with Gasteiger partial charge in [0.05, 0.1) is 22.4 Å². The highest BCUT2D eigenvalue weighted by atomic mass is 16.5. The van der Waals surface area contributed by atoms with Gasteiger partial charge in [0, 0.05) is 10.9 Å². The summed E-state index contributed by atoms with van der Waals surface area (Å²) in [6.45, 7) is 7.20. The largest absolute Gasteiger partial charge is 0.427 e. The van der Waals surface area contributed by atoms with Crippen LogP contribution in [0.15, 0.2) is 54.6 Å². The van der Waals surface area contributed by atoms with Crippen LogP contribution in [0.4, 0.5) is 0 Å². The third kappa shape index (κ3) is 3.89. The van der Waals surface area contributed by atoms with Gasteiger partial charge in [-0.3, -0.25) is 0 Å². The number of hydrogen-bond acceptors (Lipinski definition) is 4. The van der Waals surface area contributed by atoms with Crippen LogP contribution in [0, 0.1) is 0 Å². The van der Waals surface area contributed by atoms with Crippen LogP contribution in [0.3, 0.4) is 0 Å². The van der Waals surface area contributed by atoms with Crippen LogP contribution < -0.4 is 5.46 Å². The monoisotopic (exact) mass is 333 g/mol. The lowest BCUT2D eigenvalue weighted by molar-refractivity contribution is -0.0893. The summed E-state index contributed by atoms with van der Waals surface area (Å²) >= 11 is 0. The average Bonchev–Trinajstić information content (AvgIpc) is 2.59. The van der Waals surface area contributed by atoms with Crippen LogP contribution in [0.25, 0.3) is 22.2 Å². The van der Waals surface area contributed by atoms with E-state index in [4.69, 9.17) is 4.65 Å². The van der Waals surface area contributed by atoms with Gasteiger partial charge in [0.15, 0.2) is 0 Å². The van der Waals surface area contributed by atoms with Crippen molar-refractivity contribution in [3.63, 3.8) is 0 Å². The van der Waals surface area contributed by atoms with Crippen LogP contribution in [0.2, 0.25) is 0 Å². The lowest BCUT2D eigenvalue weighted by atomic mass is 9.82. The van der Waals surface area contributed by atoms with Crippen molar-refractivity contribution in [3.8, 4) is 11.3 Å². The maximum atomic E-state index is 10.1. The zero-order valence-corrected chi connectivity index (χ0v) is 15.0. The Morgan fingerprint density at radius 3 is 2.28 bits per heavy atom. The molecule has 4 nitrogen and oxygen atoms in total. The second-order valence-corrected chi connectivity index (χ2v) is 7.22. The third-order valence-corrected chi connectivity index (χ3v) is 4.66. The van der Waals surface area contributed by atoms with Crippen molar-refractivity contribution >= 4 is 23.8 Å². The van der Waals surface area contributed by atoms with E-state index in [0.29, 0.717) is 0 Å². The molecule has 0 aliphatic carbocycles. The maximum Gasteiger partial charge on any atom is 0.330 e. The summed E-state index contributed by atoms with van der Waals surface area (Å²) in [7, 11) is 1.67. The van der Waals surface area contributed by atoms with E-state index >= 15 is 0 Å². The SMILES string of the molecule is CC(C)(O)C(C)(C)O[B]c1ccc(-c2cc3ccccc3nn2)cc1. The molecule has 3 aromatic rings. The van der Waals surface area contributed by atoms with Gasteiger partial charge in [-0.15, -0.1) is 10.2 Å². The molecule has 0 bridgehead atoms. The second kappa shape index (κ2) is 6.58. The molecule has 0 aliphatic heterocycles. The molecular formula is C20H22BN2O2. The molecule has 0 spiro atoms. The lowest BCUT2D eigenvalue weighted by Crippen LogP contribution is -2.49. The van der Waals surface area contributed by atoms with Gasteiger partial charge in [0.25, 0.3) is 0 Å². The highest BCUT2D eigenvalue weighted by Gasteiger charge is 2.35. The van der Waals surface area contributed by atoms with Crippen molar-refractivity contribution in [2.75, 3.05) is 0 Å². The number of aliphatic hydroxyl groups is 1. The minimum atomic E-state index is -0.940. The van der Waals surface area contributed by atoms with Gasteiger partial charge in [-0.25, -0.2) is 0 Å². The Hall–Kier alpha value is -2.24. The fourth-order valence-electron chi connectivity index (χ4n) is 2.22. The quantitative estimate of drug-likeness (QED) is 0.729. The minimum Gasteiger partial charge on any atom is -0.427 e. The Kier molecular flexibility index (Phi) is 4.63. The first-order valence-electron chi connectivity index (χ1n) is 8.33. The fraction of sp³-hybridized carbons (Fsp3) is 0.300. The van der Waals surface area contributed by atoms with Crippen molar-refractivity contribution in [1.82, 2.24) is 10.2 Å². The molecule has 0 unspecified atom stereocenters. The Bertz CT molecular complexity index is 871. The summed E-state index contributed by atoms with van der Waals surface area (Å²) in [5.41, 5.74) is 2.02. The van der Waals surface area contributed by atoms with Crippen LogP contribution in [0.1, 0.15) is 27.7 Å². The highest BCUT2D eigenvalue weighted by Crippen LogP contribution is 2.24. The summed E-state index contributed by atoms with van der Waals surface area (Å²) < 4.78 is 5.78. The second-order valence-electron chi connectivity index (χ2n) is 7.22. The molecule has 25 heavy (non-hydrogen) atoms. The van der Waals surface area contributed by atoms with E-state index in [1.54, 1.807) is 21.3 Å². The first-order valence-corrected chi connectivity index (χ1v) is 8.33. The number of fused-ring (bicyclic) bond motifs is 1. The third-order valence-electron chi connectivity index (χ3n) is 4.66. The molecule has 0 amide bonds. The summed E-state index contributed by atoms with van der Waals surface area (Å²) in [5, 5.41) is 19.8. The van der Waals surface area contributed by atoms with Crippen molar-refractivity contribution in [2.45, 2.75) is 38.9 Å². The van der Waals surface area contributed by atoms with Gasteiger partial charge in [-0.2, -0.15) is 0 Å². The smallest absolute Gasteiger partial charge is 0.330 e. The molecule has 0 fully saturated rings. The van der Waals surface area contributed by atoms with E-state index in [-0.39, 0.29) is 0 Å². The fourth-order valence-corrected chi connectivity index (χ4v) is 2.22. The van der Waals surface area contributed by atoms with E-state index < -0.39 is 11.2 Å². The van der Waals surface area contributed by atoms with Crippen molar-refractivity contribution in [3.05, 3.63) is 54.6 Å². The maximum absolute atomic E-state index is 10.1. The Morgan fingerprint density at radius 2 is 1.60 bits per heavy atom. The van der Waals surface area contributed by atoms with Gasteiger partial charge >= 0.3 is 7.48 Å². The molecule has 1 aromatic heterocycles. The van der Waals surface area contributed by atoms with Crippen molar-refractivity contribution in [1.29, 1.82) is 0 Å². The normalized spacial score (nSPS) is 12.4. The zero-order valence-electron chi connectivity index (χ0n) is 15.0. The average molecular weight is 333 g/mol. The van der Waals surface area contributed by atoms with E-state index in [9.17, 15) is 5.11 Å². The van der Waals surface area contributed by atoms with E-state index in [2.05, 4.69) is 10.2 Å². The van der Waals surface area contributed by atoms with Crippen LogP contribution >= 0.6 is 0 Å². The predicted octanol–water partition coefficient (Wildman–Crippen LogP) is 3.11. The minimum absolute atomic E-state index is 0.685. The first-order chi connectivity index (χ1) is 11.8. The number of aromatic nitrogens is 2. The molecule has 127 valence electrons. The molecule has 0 saturated carbocycles. The number of hydrogen-bond donors (Lipinski definition) is 1. The molecule has 0 saturated heterocycles. The number of rotatable bonds is 5. The van der Waals surface area contributed by atoms with Crippen LogP contribution in [0.5, 0.6) is 0 Å². The topological polar surface area (TPSA) is 55.2 Å². The molecule has 0 aliphatic rings. The van der Waals surface area contributed by atoms with Crippen molar-refractivity contribution < 1.29 is 9.76 Å². The van der Waals surface area contributed by atoms with E-state index in [1.807, 2.05) is 68.4 Å². The predicted molar refractivity (Wildman–Crippen MR) is 102 cm³/mol. The summed E-state index contributed by atoms with van der Waals surface area (Å²) in [5.74, 6) is 0. The molecule has 3 rings (SSSR count). The molecule has 0 atom stereocenters. The molecule has 1 N–H and O–H groups in total. The van der Waals surface area contributed by atoms with E-state index in [1.165, 1.54) is 0 Å². The van der Waals surface area contributed by atoms with Gasteiger partial charge in [-0.05, 0) is 39.8 Å². The van der Waals surface area contributed by atoms with Gasteiger partial charge < -0.3 is 9.76 Å². The summed E-state index contributed by atoms with van der Waals surface area (Å²) in [4.78, 5) is 0. The molecule has 1 radical (unpaired) electrons. The van der Waals surface area contributed by atoms with Gasteiger partial charge in [0.1, 0.15) is 0 Å². The Morgan fingerprint density at radius 1 is 0.920 bits per heavy atom. The summed E-state index contributed by atoms with van der Waals surface area (Å²) in [6, 6.07) is 17.9. The van der Waals surface area contributed by atoms with E-state index in [0.717, 1.165) is 27.6 Å². The summed E-state index contributed by atoms with van der Waals surface area (Å²) in [6.07, 6.45) is 0. The first kappa shape index (κ1) is 17.6. The molecular weight excluding hydrogens is 311 g/mol. The van der Waals surface area contributed by atoms with Crippen LogP contribution in [-0.4, -0.2) is 34.0 Å². The molecule has 1 heterocycles. The van der Waals surface area contributed by atoms with Gasteiger partial charge in [-0.1, -0.05) is 47.9 Å². The molecule has 2 aromatic carbocycles. The number of benzene rings is 2. The van der Waals surface area contributed by atoms with Gasteiger partial charge in [0.2, 0.25) is 0 Å². The van der Waals surface area contributed by atoms with Crippen LogP contribution in [-0.2, 0) is 4.65 Å². The zero-order chi connectivity index (χ0) is 18.1. The van der Waals surface area contributed by atoms with Crippen molar-refractivity contribution in [2.24, 2.45) is 0 Å². The number of nitrogens with zero attached hydrogens (tertiary/aromatic N) is 2. The standard InChI is InChI=1S/C20H22BN2O2/c1-19(2,24)20(3,4)25-21-16-11-9-14(10-12-16)18-13-15-7-5-6-8-17(15)22-23-18/h5-13,24H,1-4H3. The highest BCUT2D eigenvalue weighted by molar-refractivity contribution is 6.47. The molecule has 5 heteroatoms.